The number of amides is 1. The number of carbonyl (C=O) groups excluding carboxylic acids is 1. The minimum atomic E-state index is -0.803. The molecule has 0 saturated heterocycles. The van der Waals surface area contributed by atoms with E-state index in [-0.39, 0.29) is 5.56 Å². The van der Waals surface area contributed by atoms with Gasteiger partial charge in [-0.15, -0.1) is 0 Å². The van der Waals surface area contributed by atoms with Gasteiger partial charge in [0.1, 0.15) is 17.4 Å². The lowest BCUT2D eigenvalue weighted by Gasteiger charge is -2.11. The van der Waals surface area contributed by atoms with Crippen molar-refractivity contribution < 1.29 is 18.3 Å². The van der Waals surface area contributed by atoms with E-state index in [0.717, 1.165) is 23.6 Å². The van der Waals surface area contributed by atoms with E-state index in [9.17, 15) is 13.6 Å². The van der Waals surface area contributed by atoms with Crippen LogP contribution in [0.2, 0.25) is 0 Å². The van der Waals surface area contributed by atoms with Gasteiger partial charge in [-0.3, -0.25) is 9.89 Å². The van der Waals surface area contributed by atoms with Crippen molar-refractivity contribution in [2.75, 3.05) is 12.4 Å². The summed E-state index contributed by atoms with van der Waals surface area (Å²) in [7, 11) is 1.44. The van der Waals surface area contributed by atoms with Gasteiger partial charge in [-0.2, -0.15) is 5.10 Å². The Bertz CT molecular complexity index is 861. The lowest BCUT2D eigenvalue weighted by Crippen LogP contribution is -2.14. The van der Waals surface area contributed by atoms with Crippen LogP contribution < -0.4 is 10.1 Å². The zero-order valence-electron chi connectivity index (χ0n) is 11.5. The first kappa shape index (κ1) is 14.0. The molecule has 1 amide bonds. The van der Waals surface area contributed by atoms with Crippen LogP contribution in [0.3, 0.4) is 0 Å². The van der Waals surface area contributed by atoms with Crippen molar-refractivity contribution in [1.82, 2.24) is 10.2 Å². The number of aromatic amines is 1. The summed E-state index contributed by atoms with van der Waals surface area (Å²) in [4.78, 5) is 12.1. The largest absolute Gasteiger partial charge is 0.494 e. The number of rotatable bonds is 3. The number of benzene rings is 2. The van der Waals surface area contributed by atoms with Gasteiger partial charge in [0.2, 0.25) is 0 Å². The van der Waals surface area contributed by atoms with Crippen molar-refractivity contribution >= 4 is 22.5 Å². The number of hydrogen-bond acceptors (Lipinski definition) is 3. The molecule has 0 spiro atoms. The van der Waals surface area contributed by atoms with Gasteiger partial charge in [0.15, 0.2) is 0 Å². The van der Waals surface area contributed by atoms with E-state index in [0.29, 0.717) is 17.0 Å². The lowest BCUT2D eigenvalue weighted by atomic mass is 10.1. The highest BCUT2D eigenvalue weighted by atomic mass is 19.1. The van der Waals surface area contributed by atoms with Gasteiger partial charge in [0.25, 0.3) is 5.91 Å². The molecule has 22 heavy (non-hydrogen) atoms. The monoisotopic (exact) mass is 303 g/mol. The third kappa shape index (κ3) is 2.48. The summed E-state index contributed by atoms with van der Waals surface area (Å²) < 4.78 is 32.0. The average molecular weight is 303 g/mol. The number of ether oxygens (including phenoxy) is 1. The molecule has 0 bridgehead atoms. The standard InChI is InChI=1S/C15H11F2N3O2/c1-22-14-6-12-8(7-18-20-12)4-13(14)19-15(21)10-5-9(16)2-3-11(10)17/h2-7H,1H3,(H,18,20)(H,19,21). The molecule has 0 aliphatic heterocycles. The van der Waals surface area contributed by atoms with Crippen LogP contribution in [0.25, 0.3) is 10.9 Å². The minimum absolute atomic E-state index is 0.338. The topological polar surface area (TPSA) is 67.0 Å². The van der Waals surface area contributed by atoms with Gasteiger partial charge in [-0.25, -0.2) is 8.78 Å². The molecule has 2 N–H and O–H groups in total. The Morgan fingerprint density at radius 3 is 2.86 bits per heavy atom. The zero-order valence-corrected chi connectivity index (χ0v) is 11.5. The van der Waals surface area contributed by atoms with Crippen molar-refractivity contribution in [3.05, 3.63) is 53.7 Å². The van der Waals surface area contributed by atoms with E-state index in [1.807, 2.05) is 0 Å². The number of fused-ring (bicyclic) bond motifs is 1. The van der Waals surface area contributed by atoms with Gasteiger partial charge >= 0.3 is 0 Å². The van der Waals surface area contributed by atoms with E-state index in [1.165, 1.54) is 7.11 Å². The van der Waals surface area contributed by atoms with E-state index in [1.54, 1.807) is 18.3 Å². The molecule has 0 aliphatic rings. The van der Waals surface area contributed by atoms with Gasteiger partial charge < -0.3 is 10.1 Å². The highest BCUT2D eigenvalue weighted by molar-refractivity contribution is 6.06. The van der Waals surface area contributed by atoms with E-state index < -0.39 is 17.5 Å². The number of hydrogen-bond donors (Lipinski definition) is 2. The van der Waals surface area contributed by atoms with Crippen molar-refractivity contribution in [2.45, 2.75) is 0 Å². The predicted octanol–water partition coefficient (Wildman–Crippen LogP) is 3.10. The van der Waals surface area contributed by atoms with Gasteiger partial charge in [0, 0.05) is 17.6 Å². The molecule has 0 saturated carbocycles. The fourth-order valence-electron chi connectivity index (χ4n) is 2.10. The molecular weight excluding hydrogens is 292 g/mol. The molecule has 5 nitrogen and oxygen atoms in total. The second-order valence-corrected chi connectivity index (χ2v) is 4.57. The molecule has 3 aromatic rings. The minimum Gasteiger partial charge on any atom is -0.494 e. The Balaban J connectivity index is 1.98. The molecule has 0 atom stereocenters. The summed E-state index contributed by atoms with van der Waals surface area (Å²) in [6, 6.07) is 5.95. The highest BCUT2D eigenvalue weighted by Crippen LogP contribution is 2.29. The molecule has 1 heterocycles. The fraction of sp³-hybridized carbons (Fsp3) is 0.0667. The van der Waals surface area contributed by atoms with Crippen LogP contribution in [0, 0.1) is 11.6 Å². The molecule has 1 aromatic heterocycles. The maximum absolute atomic E-state index is 13.6. The number of nitrogens with one attached hydrogen (secondary N) is 2. The van der Waals surface area contributed by atoms with E-state index >= 15 is 0 Å². The van der Waals surface area contributed by atoms with Crippen LogP contribution in [-0.2, 0) is 0 Å². The highest BCUT2D eigenvalue weighted by Gasteiger charge is 2.16. The number of aromatic nitrogens is 2. The summed E-state index contributed by atoms with van der Waals surface area (Å²) >= 11 is 0. The zero-order chi connectivity index (χ0) is 15.7. The number of carbonyl (C=O) groups is 1. The summed E-state index contributed by atoms with van der Waals surface area (Å²) in [5.41, 5.74) is 0.617. The number of nitrogens with zero attached hydrogens (tertiary/aromatic N) is 1. The summed E-state index contributed by atoms with van der Waals surface area (Å²) in [5.74, 6) is -1.89. The Kier molecular flexibility index (Phi) is 3.46. The van der Waals surface area contributed by atoms with Crippen LogP contribution in [0.15, 0.2) is 36.5 Å². The van der Waals surface area contributed by atoms with E-state index in [2.05, 4.69) is 15.5 Å². The Hall–Kier alpha value is -2.96. The SMILES string of the molecule is COc1cc2n[nH]cc2cc1NC(=O)c1cc(F)ccc1F. The Morgan fingerprint density at radius 2 is 2.09 bits per heavy atom. The predicted molar refractivity (Wildman–Crippen MR) is 77.0 cm³/mol. The van der Waals surface area contributed by atoms with E-state index in [4.69, 9.17) is 4.74 Å². The molecule has 112 valence electrons. The first-order chi connectivity index (χ1) is 10.6. The normalized spacial score (nSPS) is 10.7. The second-order valence-electron chi connectivity index (χ2n) is 4.57. The van der Waals surface area contributed by atoms with Crippen LogP contribution >= 0.6 is 0 Å². The average Bonchev–Trinajstić information content (AvgIpc) is 2.95. The van der Waals surface area contributed by atoms with Crippen molar-refractivity contribution in [3.63, 3.8) is 0 Å². The summed E-state index contributed by atoms with van der Waals surface area (Å²) in [6.45, 7) is 0. The van der Waals surface area contributed by atoms with Crippen LogP contribution in [0.4, 0.5) is 14.5 Å². The molecule has 7 heteroatoms. The van der Waals surface area contributed by atoms with Gasteiger partial charge in [0.05, 0.1) is 23.9 Å². The fourth-order valence-corrected chi connectivity index (χ4v) is 2.10. The summed E-state index contributed by atoms with van der Waals surface area (Å²) in [6.07, 6.45) is 1.65. The van der Waals surface area contributed by atoms with Crippen LogP contribution in [0.1, 0.15) is 10.4 Å². The lowest BCUT2D eigenvalue weighted by molar-refractivity contribution is 0.102. The van der Waals surface area contributed by atoms with Crippen molar-refractivity contribution in [2.24, 2.45) is 0 Å². The quantitative estimate of drug-likeness (QED) is 0.781. The maximum atomic E-state index is 13.6. The number of anilines is 1. The first-order valence-electron chi connectivity index (χ1n) is 6.36. The Labute approximate surface area is 123 Å². The number of H-pyrrole nitrogens is 1. The van der Waals surface area contributed by atoms with Crippen molar-refractivity contribution in [3.8, 4) is 5.75 Å². The van der Waals surface area contributed by atoms with Crippen molar-refractivity contribution in [1.29, 1.82) is 0 Å². The molecule has 2 aromatic carbocycles. The second kappa shape index (κ2) is 5.44. The smallest absolute Gasteiger partial charge is 0.258 e. The van der Waals surface area contributed by atoms with Crippen LogP contribution in [-0.4, -0.2) is 23.2 Å². The van der Waals surface area contributed by atoms with Crippen LogP contribution in [0.5, 0.6) is 5.75 Å². The molecule has 0 fully saturated rings. The van der Waals surface area contributed by atoms with Gasteiger partial charge in [-0.05, 0) is 24.3 Å². The maximum Gasteiger partial charge on any atom is 0.258 e. The molecular formula is C15H11F2N3O2. The third-order valence-corrected chi connectivity index (χ3v) is 3.18. The molecule has 3 rings (SSSR count). The molecule has 0 radical (unpaired) electrons. The van der Waals surface area contributed by atoms with Gasteiger partial charge in [-0.1, -0.05) is 0 Å². The number of methoxy groups -OCH3 is 1. The summed E-state index contributed by atoms with van der Waals surface area (Å²) in [5, 5.41) is 9.96. The Morgan fingerprint density at radius 1 is 1.27 bits per heavy atom. The first-order valence-corrected chi connectivity index (χ1v) is 6.36. The number of halogens is 2. The molecule has 0 unspecified atom stereocenters. The molecule has 0 aliphatic carbocycles. The third-order valence-electron chi connectivity index (χ3n) is 3.18.